The van der Waals surface area contributed by atoms with Crippen LogP contribution >= 0.6 is 39.9 Å². The predicted octanol–water partition coefficient (Wildman–Crippen LogP) is 1.87. The Bertz CT molecular complexity index is 1050. The van der Waals surface area contributed by atoms with Crippen LogP contribution in [-0.2, 0) is 18.4 Å². The van der Waals surface area contributed by atoms with Gasteiger partial charge in [0, 0.05) is 50.2 Å². The molecule has 9 nitrogen and oxygen atoms in total. The number of fused-ring (bicyclic) bond motifs is 1. The summed E-state index contributed by atoms with van der Waals surface area (Å²) in [5.74, 6) is 0.720. The number of hydrogen-bond donors (Lipinski definition) is 1. The summed E-state index contributed by atoms with van der Waals surface area (Å²) in [7, 11) is 3.56. The van der Waals surface area contributed by atoms with Crippen molar-refractivity contribution in [2.75, 3.05) is 31.6 Å². The van der Waals surface area contributed by atoms with Gasteiger partial charge in [0.25, 0.3) is 0 Å². The Balaban J connectivity index is 0.00000240. The molecule has 0 aliphatic carbocycles. The molecule has 0 bridgehead atoms. The molecule has 154 valence electrons. The van der Waals surface area contributed by atoms with E-state index in [0.717, 1.165) is 21.5 Å². The van der Waals surface area contributed by atoms with Gasteiger partial charge in [-0.05, 0) is 28.1 Å². The van der Waals surface area contributed by atoms with Crippen molar-refractivity contribution in [1.29, 1.82) is 0 Å². The number of nitrogens with one attached hydrogen (secondary N) is 1. The van der Waals surface area contributed by atoms with Crippen molar-refractivity contribution in [3.05, 3.63) is 47.1 Å². The van der Waals surface area contributed by atoms with Gasteiger partial charge in [0.1, 0.15) is 12.2 Å². The monoisotopic (exact) mass is 572 g/mol. The molecule has 0 saturated carbocycles. The van der Waals surface area contributed by atoms with E-state index in [2.05, 4.69) is 36.3 Å². The molecule has 1 aliphatic rings. The summed E-state index contributed by atoms with van der Waals surface area (Å²) in [6.45, 7) is 2.09. The number of carbonyl (C=O) groups excluding carboxylic acids is 1. The third-order valence-corrected chi connectivity index (χ3v) is 5.10. The standard InChI is InChI=1S/C18H21BrN8O.HI/c1-20-18(21-7-14-10-26-9-13(19)3-4-16(26)23-14)25-5-6-27(17(28)12-25)15-8-22-24(2)11-15;/h3-4,8-11H,5-7,12H2,1-2H3,(H,20,21);1H. The molecular formula is C18H22BrIN8O. The molecule has 1 N–H and O–H groups in total. The van der Waals surface area contributed by atoms with Crippen LogP contribution in [0, 0.1) is 0 Å². The lowest BCUT2D eigenvalue weighted by atomic mass is 10.3. The highest BCUT2D eigenvalue weighted by atomic mass is 127. The molecule has 0 spiro atoms. The van der Waals surface area contributed by atoms with Crippen LogP contribution in [0.4, 0.5) is 5.69 Å². The fourth-order valence-electron chi connectivity index (χ4n) is 3.28. The Labute approximate surface area is 193 Å². The number of amides is 1. The maximum atomic E-state index is 12.6. The molecule has 1 aliphatic heterocycles. The summed E-state index contributed by atoms with van der Waals surface area (Å²) < 4.78 is 4.67. The number of hydrogen-bond acceptors (Lipinski definition) is 4. The van der Waals surface area contributed by atoms with E-state index in [-0.39, 0.29) is 36.4 Å². The maximum Gasteiger partial charge on any atom is 0.246 e. The molecular weight excluding hydrogens is 551 g/mol. The van der Waals surface area contributed by atoms with Crippen LogP contribution in [0.15, 0.2) is 46.4 Å². The van der Waals surface area contributed by atoms with Crippen molar-refractivity contribution in [3.8, 4) is 0 Å². The fraction of sp³-hybridized carbons (Fsp3) is 0.333. The molecule has 1 amide bonds. The summed E-state index contributed by atoms with van der Waals surface area (Å²) in [6, 6.07) is 3.92. The second-order valence-corrected chi connectivity index (χ2v) is 7.50. The number of aryl methyl sites for hydroxylation is 1. The SMILES string of the molecule is CN=C(NCc1cn2cc(Br)ccc2n1)N1CCN(c2cnn(C)c2)C(=O)C1.I. The van der Waals surface area contributed by atoms with Gasteiger partial charge in [0.15, 0.2) is 5.96 Å². The van der Waals surface area contributed by atoms with Crippen molar-refractivity contribution >= 4 is 63.1 Å². The summed E-state index contributed by atoms with van der Waals surface area (Å²) in [6.07, 6.45) is 7.51. The van der Waals surface area contributed by atoms with Crippen LogP contribution in [0.25, 0.3) is 5.65 Å². The zero-order chi connectivity index (χ0) is 19.7. The van der Waals surface area contributed by atoms with Gasteiger partial charge in [-0.25, -0.2) is 4.98 Å². The number of aliphatic imine (C=N–C) groups is 1. The molecule has 4 rings (SSSR count). The quantitative estimate of drug-likeness (QED) is 0.294. The molecule has 0 radical (unpaired) electrons. The smallest absolute Gasteiger partial charge is 0.246 e. The Kier molecular flexibility index (Phi) is 6.77. The predicted molar refractivity (Wildman–Crippen MR) is 126 cm³/mol. The Morgan fingerprint density at radius 3 is 2.79 bits per heavy atom. The van der Waals surface area contributed by atoms with E-state index >= 15 is 0 Å². The lowest BCUT2D eigenvalue weighted by Crippen LogP contribution is -2.55. The lowest BCUT2D eigenvalue weighted by Gasteiger charge is -2.35. The second kappa shape index (κ2) is 9.11. The Morgan fingerprint density at radius 1 is 1.28 bits per heavy atom. The molecule has 4 heterocycles. The molecule has 11 heteroatoms. The van der Waals surface area contributed by atoms with Crippen molar-refractivity contribution in [2.45, 2.75) is 6.54 Å². The first-order valence-electron chi connectivity index (χ1n) is 8.91. The minimum Gasteiger partial charge on any atom is -0.351 e. The second-order valence-electron chi connectivity index (χ2n) is 6.58. The normalized spacial score (nSPS) is 15.0. The highest BCUT2D eigenvalue weighted by molar-refractivity contribution is 14.0. The molecule has 1 fully saturated rings. The lowest BCUT2D eigenvalue weighted by molar-refractivity contribution is -0.120. The van der Waals surface area contributed by atoms with Crippen LogP contribution in [0.1, 0.15) is 5.69 Å². The highest BCUT2D eigenvalue weighted by Crippen LogP contribution is 2.16. The molecule has 0 atom stereocenters. The Morgan fingerprint density at radius 2 is 2.10 bits per heavy atom. The van der Waals surface area contributed by atoms with E-state index in [1.807, 2.05) is 47.1 Å². The molecule has 0 unspecified atom stereocenters. The van der Waals surface area contributed by atoms with E-state index < -0.39 is 0 Å². The van der Waals surface area contributed by atoms with Gasteiger partial charge in [-0.1, -0.05) is 0 Å². The van der Waals surface area contributed by atoms with Gasteiger partial charge < -0.3 is 19.5 Å². The van der Waals surface area contributed by atoms with Crippen LogP contribution in [0.2, 0.25) is 0 Å². The van der Waals surface area contributed by atoms with Gasteiger partial charge in [0.2, 0.25) is 5.91 Å². The van der Waals surface area contributed by atoms with Crippen LogP contribution in [-0.4, -0.2) is 62.6 Å². The van der Waals surface area contributed by atoms with Gasteiger partial charge >= 0.3 is 0 Å². The number of halogens is 2. The summed E-state index contributed by atoms with van der Waals surface area (Å²) in [5.41, 5.74) is 2.61. The van der Waals surface area contributed by atoms with Crippen LogP contribution in [0.5, 0.6) is 0 Å². The first kappa shape index (κ1) is 21.6. The average Bonchev–Trinajstić information content (AvgIpc) is 3.27. The minimum absolute atomic E-state index is 0. The maximum absolute atomic E-state index is 12.6. The largest absolute Gasteiger partial charge is 0.351 e. The molecule has 3 aromatic rings. The van der Waals surface area contributed by atoms with E-state index in [1.54, 1.807) is 22.8 Å². The van der Waals surface area contributed by atoms with E-state index in [1.165, 1.54) is 0 Å². The fourth-order valence-corrected chi connectivity index (χ4v) is 3.63. The molecule has 0 aromatic carbocycles. The van der Waals surface area contributed by atoms with E-state index in [0.29, 0.717) is 25.6 Å². The number of aromatic nitrogens is 4. The molecule has 1 saturated heterocycles. The number of guanidine groups is 1. The average molecular weight is 573 g/mol. The minimum atomic E-state index is 0. The van der Waals surface area contributed by atoms with Crippen molar-refractivity contribution < 1.29 is 4.79 Å². The number of rotatable bonds is 3. The third kappa shape index (κ3) is 4.71. The van der Waals surface area contributed by atoms with Gasteiger partial charge in [-0.2, -0.15) is 5.10 Å². The summed E-state index contributed by atoms with van der Waals surface area (Å²) in [5, 5.41) is 7.46. The number of anilines is 1. The third-order valence-electron chi connectivity index (χ3n) is 4.63. The summed E-state index contributed by atoms with van der Waals surface area (Å²) >= 11 is 3.46. The number of pyridine rings is 1. The number of nitrogens with zero attached hydrogens (tertiary/aromatic N) is 7. The van der Waals surface area contributed by atoms with Crippen molar-refractivity contribution in [3.63, 3.8) is 0 Å². The van der Waals surface area contributed by atoms with Crippen molar-refractivity contribution in [2.24, 2.45) is 12.0 Å². The van der Waals surface area contributed by atoms with Gasteiger partial charge in [-0.15, -0.1) is 24.0 Å². The number of carbonyl (C=O) groups is 1. The van der Waals surface area contributed by atoms with Crippen LogP contribution in [0.3, 0.4) is 0 Å². The first-order chi connectivity index (χ1) is 13.5. The first-order valence-corrected chi connectivity index (χ1v) is 9.70. The topological polar surface area (TPSA) is 83.1 Å². The number of imidazole rings is 1. The highest BCUT2D eigenvalue weighted by Gasteiger charge is 2.27. The Hall–Kier alpha value is -2.15. The summed E-state index contributed by atoms with van der Waals surface area (Å²) in [4.78, 5) is 25.3. The zero-order valence-electron chi connectivity index (χ0n) is 16.1. The van der Waals surface area contributed by atoms with E-state index in [4.69, 9.17) is 0 Å². The van der Waals surface area contributed by atoms with E-state index in [9.17, 15) is 4.79 Å². The van der Waals surface area contributed by atoms with Gasteiger partial charge in [0.05, 0.1) is 24.1 Å². The molecule has 3 aromatic heterocycles. The van der Waals surface area contributed by atoms with Crippen LogP contribution < -0.4 is 10.2 Å². The van der Waals surface area contributed by atoms with Crippen molar-refractivity contribution in [1.82, 2.24) is 29.4 Å². The zero-order valence-corrected chi connectivity index (χ0v) is 20.0. The molecule has 29 heavy (non-hydrogen) atoms. The number of piperazine rings is 1. The van der Waals surface area contributed by atoms with Gasteiger partial charge in [-0.3, -0.25) is 14.5 Å².